The van der Waals surface area contributed by atoms with E-state index in [0.717, 1.165) is 11.3 Å². The van der Waals surface area contributed by atoms with Crippen molar-refractivity contribution in [3.63, 3.8) is 0 Å². The van der Waals surface area contributed by atoms with Crippen molar-refractivity contribution in [3.8, 4) is 0 Å². The molecule has 0 saturated heterocycles. The number of hydrogen-bond donors (Lipinski definition) is 2. The number of aryl methyl sites for hydroxylation is 1. The quantitative estimate of drug-likeness (QED) is 0.671. The van der Waals surface area contributed by atoms with E-state index >= 15 is 0 Å². The van der Waals surface area contributed by atoms with Gasteiger partial charge in [0.1, 0.15) is 5.82 Å². The largest absolute Gasteiger partial charge is 0.275 e. The van der Waals surface area contributed by atoms with Gasteiger partial charge in [-0.15, -0.1) is 0 Å². The van der Waals surface area contributed by atoms with Crippen molar-refractivity contribution in [2.24, 2.45) is 12.9 Å². The highest BCUT2D eigenvalue weighted by molar-refractivity contribution is 9.10. The van der Waals surface area contributed by atoms with Crippen molar-refractivity contribution >= 4 is 15.9 Å². The minimum absolute atomic E-state index is 0.139. The van der Waals surface area contributed by atoms with Crippen LogP contribution in [-0.2, 0) is 13.5 Å². The Labute approximate surface area is 113 Å². The topological polar surface area (TPSA) is 55.9 Å². The molecule has 0 bridgehead atoms. The van der Waals surface area contributed by atoms with E-state index in [1.165, 1.54) is 12.1 Å². The minimum atomic E-state index is -0.267. The molecular formula is C12H14BrFN4. The number of halogens is 2. The molecule has 0 spiro atoms. The van der Waals surface area contributed by atoms with E-state index in [2.05, 4.69) is 26.5 Å². The summed E-state index contributed by atoms with van der Waals surface area (Å²) in [4.78, 5) is 0. The standard InChI is InChI=1S/C12H14BrFN4/c1-18-3-2-11(17-18)12(16-15)6-8-4-9(13)7-10(14)5-8/h2-5,7,12,16H,6,15H2,1H3. The van der Waals surface area contributed by atoms with Gasteiger partial charge in [0.15, 0.2) is 0 Å². The summed E-state index contributed by atoms with van der Waals surface area (Å²) >= 11 is 3.27. The molecule has 2 rings (SSSR count). The lowest BCUT2D eigenvalue weighted by molar-refractivity contribution is 0.527. The van der Waals surface area contributed by atoms with Crippen LogP contribution in [0.2, 0.25) is 0 Å². The number of aromatic nitrogens is 2. The van der Waals surface area contributed by atoms with Crippen LogP contribution in [0, 0.1) is 5.82 Å². The number of nitrogens with one attached hydrogen (secondary N) is 1. The molecule has 0 aliphatic heterocycles. The first-order chi connectivity index (χ1) is 8.58. The molecule has 18 heavy (non-hydrogen) atoms. The molecule has 0 saturated carbocycles. The van der Waals surface area contributed by atoms with E-state index in [1.807, 2.05) is 25.4 Å². The molecule has 0 aliphatic carbocycles. The van der Waals surface area contributed by atoms with Gasteiger partial charge in [0.2, 0.25) is 0 Å². The van der Waals surface area contributed by atoms with E-state index in [0.29, 0.717) is 10.9 Å². The van der Waals surface area contributed by atoms with Gasteiger partial charge in [-0.1, -0.05) is 15.9 Å². The first kappa shape index (κ1) is 13.2. The summed E-state index contributed by atoms with van der Waals surface area (Å²) in [5.74, 6) is 5.27. The molecule has 0 aliphatic rings. The number of hydrogen-bond acceptors (Lipinski definition) is 3. The van der Waals surface area contributed by atoms with Crippen LogP contribution in [0.25, 0.3) is 0 Å². The van der Waals surface area contributed by atoms with Gasteiger partial charge >= 0.3 is 0 Å². The van der Waals surface area contributed by atoms with Crippen molar-refractivity contribution in [1.82, 2.24) is 15.2 Å². The van der Waals surface area contributed by atoms with Crippen molar-refractivity contribution in [1.29, 1.82) is 0 Å². The summed E-state index contributed by atoms with van der Waals surface area (Å²) in [5, 5.41) is 4.29. The zero-order valence-electron chi connectivity index (χ0n) is 9.90. The van der Waals surface area contributed by atoms with Crippen molar-refractivity contribution in [2.75, 3.05) is 0 Å². The van der Waals surface area contributed by atoms with Crippen LogP contribution in [0.1, 0.15) is 17.3 Å². The van der Waals surface area contributed by atoms with Gasteiger partial charge in [-0.3, -0.25) is 16.0 Å². The summed E-state index contributed by atoms with van der Waals surface area (Å²) in [7, 11) is 1.84. The molecule has 1 atom stereocenters. The van der Waals surface area contributed by atoms with E-state index in [9.17, 15) is 4.39 Å². The van der Waals surface area contributed by atoms with Crippen LogP contribution >= 0.6 is 15.9 Å². The van der Waals surface area contributed by atoms with E-state index in [1.54, 1.807) is 4.68 Å². The molecule has 3 N–H and O–H groups in total. The molecule has 0 amide bonds. The van der Waals surface area contributed by atoms with Gasteiger partial charge in [-0.2, -0.15) is 5.10 Å². The van der Waals surface area contributed by atoms with Gasteiger partial charge in [-0.25, -0.2) is 4.39 Å². The van der Waals surface area contributed by atoms with Gasteiger partial charge in [0, 0.05) is 17.7 Å². The van der Waals surface area contributed by atoms with Crippen molar-refractivity contribution in [3.05, 3.63) is 52.0 Å². The Morgan fingerprint density at radius 1 is 1.50 bits per heavy atom. The van der Waals surface area contributed by atoms with Crippen LogP contribution in [0.4, 0.5) is 4.39 Å². The second-order valence-corrected chi connectivity index (χ2v) is 5.03. The maximum absolute atomic E-state index is 13.3. The van der Waals surface area contributed by atoms with Crippen molar-refractivity contribution in [2.45, 2.75) is 12.5 Å². The predicted octanol–water partition coefficient (Wildman–Crippen LogP) is 2.07. The third-order valence-electron chi connectivity index (χ3n) is 2.65. The molecule has 0 fully saturated rings. The first-order valence-electron chi connectivity index (χ1n) is 5.49. The molecule has 1 heterocycles. The monoisotopic (exact) mass is 312 g/mol. The number of rotatable bonds is 4. The summed E-state index contributed by atoms with van der Waals surface area (Å²) in [5.41, 5.74) is 4.40. The fourth-order valence-electron chi connectivity index (χ4n) is 1.83. The maximum Gasteiger partial charge on any atom is 0.124 e. The minimum Gasteiger partial charge on any atom is -0.275 e. The lowest BCUT2D eigenvalue weighted by atomic mass is 10.0. The molecule has 1 unspecified atom stereocenters. The Morgan fingerprint density at radius 2 is 2.28 bits per heavy atom. The number of nitrogens with zero attached hydrogens (tertiary/aromatic N) is 2. The average Bonchev–Trinajstić information content (AvgIpc) is 2.71. The Morgan fingerprint density at radius 3 is 2.83 bits per heavy atom. The molecule has 2 aromatic rings. The first-order valence-corrected chi connectivity index (χ1v) is 6.28. The fourth-order valence-corrected chi connectivity index (χ4v) is 2.34. The SMILES string of the molecule is Cn1ccc(C(Cc2cc(F)cc(Br)c2)NN)n1. The lowest BCUT2D eigenvalue weighted by Crippen LogP contribution is -2.30. The fraction of sp³-hybridized carbons (Fsp3) is 0.250. The summed E-state index contributed by atoms with van der Waals surface area (Å²) < 4.78 is 15.7. The molecular weight excluding hydrogens is 299 g/mol. The van der Waals surface area contributed by atoms with Gasteiger partial charge in [-0.05, 0) is 36.2 Å². The second-order valence-electron chi connectivity index (χ2n) is 4.12. The summed E-state index contributed by atoms with van der Waals surface area (Å²) in [6.07, 6.45) is 2.42. The van der Waals surface area contributed by atoms with Crippen LogP contribution in [-0.4, -0.2) is 9.78 Å². The van der Waals surface area contributed by atoms with E-state index in [4.69, 9.17) is 5.84 Å². The third-order valence-corrected chi connectivity index (χ3v) is 3.11. The molecule has 1 aromatic heterocycles. The second kappa shape index (κ2) is 5.60. The Hall–Kier alpha value is -1.24. The smallest absolute Gasteiger partial charge is 0.124 e. The predicted molar refractivity (Wildman–Crippen MR) is 71.1 cm³/mol. The van der Waals surface area contributed by atoms with Crippen LogP contribution in [0.3, 0.4) is 0 Å². The molecule has 6 heteroatoms. The van der Waals surface area contributed by atoms with E-state index < -0.39 is 0 Å². The molecule has 1 aromatic carbocycles. The lowest BCUT2D eigenvalue weighted by Gasteiger charge is -2.13. The highest BCUT2D eigenvalue weighted by Gasteiger charge is 2.14. The van der Waals surface area contributed by atoms with Gasteiger partial charge in [0.05, 0.1) is 11.7 Å². The van der Waals surface area contributed by atoms with Crippen molar-refractivity contribution < 1.29 is 4.39 Å². The maximum atomic E-state index is 13.3. The molecule has 4 nitrogen and oxygen atoms in total. The molecule has 0 radical (unpaired) electrons. The van der Waals surface area contributed by atoms with Gasteiger partial charge < -0.3 is 0 Å². The molecule has 96 valence electrons. The normalized spacial score (nSPS) is 12.7. The summed E-state index contributed by atoms with van der Waals surface area (Å²) in [6, 6.07) is 6.54. The van der Waals surface area contributed by atoms with E-state index in [-0.39, 0.29) is 11.9 Å². The number of hydrazine groups is 1. The highest BCUT2D eigenvalue weighted by Crippen LogP contribution is 2.20. The number of nitrogens with two attached hydrogens (primary N) is 1. The Kier molecular flexibility index (Phi) is 4.11. The Bertz CT molecular complexity index is 520. The average molecular weight is 313 g/mol. The van der Waals surface area contributed by atoms with Crippen LogP contribution in [0.5, 0.6) is 0 Å². The zero-order valence-corrected chi connectivity index (χ0v) is 11.5. The van der Waals surface area contributed by atoms with Crippen LogP contribution < -0.4 is 11.3 Å². The van der Waals surface area contributed by atoms with Gasteiger partial charge in [0.25, 0.3) is 0 Å². The Balaban J connectivity index is 2.20. The highest BCUT2D eigenvalue weighted by atomic mass is 79.9. The van der Waals surface area contributed by atoms with Crippen LogP contribution in [0.15, 0.2) is 34.9 Å². The number of benzene rings is 1. The third kappa shape index (κ3) is 3.16. The zero-order chi connectivity index (χ0) is 13.1. The summed E-state index contributed by atoms with van der Waals surface area (Å²) in [6.45, 7) is 0.